The second-order valence-corrected chi connectivity index (χ2v) is 5.76. The highest BCUT2D eigenvalue weighted by molar-refractivity contribution is 6.30. The lowest BCUT2D eigenvalue weighted by Crippen LogP contribution is -2.46. The molecule has 2 rings (SSSR count). The summed E-state index contributed by atoms with van der Waals surface area (Å²) in [5.74, 6) is -0.552. The first-order valence-corrected chi connectivity index (χ1v) is 7.13. The van der Waals surface area contributed by atoms with Crippen molar-refractivity contribution in [1.29, 1.82) is 0 Å². The van der Waals surface area contributed by atoms with Crippen molar-refractivity contribution in [3.8, 4) is 0 Å². The molecule has 2 atom stereocenters. The van der Waals surface area contributed by atoms with Gasteiger partial charge in [0, 0.05) is 19.8 Å². The number of hydrogen-bond donors (Lipinski definition) is 1. The van der Waals surface area contributed by atoms with Gasteiger partial charge in [-0.05, 0) is 24.5 Å². The van der Waals surface area contributed by atoms with Crippen LogP contribution in [0.5, 0.6) is 0 Å². The molecule has 0 bridgehead atoms. The Hall–Kier alpha value is -1.82. The molecule has 1 N–H and O–H groups in total. The molecule has 2 heterocycles. The van der Waals surface area contributed by atoms with Crippen LogP contribution in [-0.4, -0.2) is 53.0 Å². The molecule has 114 valence electrons. The number of likely N-dealkylation sites (N-methyl/N-ethyl adjacent to an activating group) is 1. The Balaban J connectivity index is 2.04. The number of halogens is 1. The minimum absolute atomic E-state index is 0.0228. The third-order valence-corrected chi connectivity index (χ3v) is 3.97. The van der Waals surface area contributed by atoms with Gasteiger partial charge < -0.3 is 14.9 Å². The minimum atomic E-state index is -0.944. The van der Waals surface area contributed by atoms with E-state index in [0.717, 1.165) is 0 Å². The van der Waals surface area contributed by atoms with E-state index in [1.807, 2.05) is 6.92 Å². The summed E-state index contributed by atoms with van der Waals surface area (Å²) in [4.78, 5) is 30.9. The van der Waals surface area contributed by atoms with Gasteiger partial charge in [-0.15, -0.1) is 0 Å². The predicted molar refractivity (Wildman–Crippen MR) is 79.4 cm³/mol. The van der Waals surface area contributed by atoms with Crippen LogP contribution < -0.4 is 4.90 Å². The van der Waals surface area contributed by atoms with E-state index < -0.39 is 12.0 Å². The standard InChI is InChI=1S/C14H18ClN3O3/c1-9-5-6-18(13(9)14(20)21)12(19)8-17(2)11-4-3-10(15)7-16-11/h3-4,7,9,13H,5-6,8H2,1-2H3,(H,20,21). The van der Waals surface area contributed by atoms with Gasteiger partial charge in [-0.3, -0.25) is 4.79 Å². The van der Waals surface area contributed by atoms with Crippen LogP contribution in [0.1, 0.15) is 13.3 Å². The summed E-state index contributed by atoms with van der Waals surface area (Å²) in [7, 11) is 1.74. The molecular formula is C14H18ClN3O3. The van der Waals surface area contributed by atoms with E-state index in [0.29, 0.717) is 23.8 Å². The van der Waals surface area contributed by atoms with E-state index in [-0.39, 0.29) is 18.4 Å². The third kappa shape index (κ3) is 3.44. The van der Waals surface area contributed by atoms with Crippen molar-refractivity contribution in [3.05, 3.63) is 23.4 Å². The van der Waals surface area contributed by atoms with Crippen molar-refractivity contribution in [2.75, 3.05) is 25.0 Å². The van der Waals surface area contributed by atoms with Gasteiger partial charge in [0.2, 0.25) is 5.91 Å². The lowest BCUT2D eigenvalue weighted by atomic mass is 10.0. The fourth-order valence-electron chi connectivity index (χ4n) is 2.57. The van der Waals surface area contributed by atoms with Crippen LogP contribution in [0.15, 0.2) is 18.3 Å². The van der Waals surface area contributed by atoms with Gasteiger partial charge in [0.1, 0.15) is 11.9 Å². The van der Waals surface area contributed by atoms with Crippen LogP contribution in [0, 0.1) is 5.92 Å². The molecule has 7 heteroatoms. The van der Waals surface area contributed by atoms with Gasteiger partial charge in [-0.1, -0.05) is 18.5 Å². The van der Waals surface area contributed by atoms with Crippen molar-refractivity contribution < 1.29 is 14.7 Å². The molecule has 1 fully saturated rings. The molecule has 0 aliphatic carbocycles. The number of carboxylic acid groups (broad SMARTS) is 1. The number of likely N-dealkylation sites (tertiary alicyclic amines) is 1. The van der Waals surface area contributed by atoms with E-state index in [1.165, 1.54) is 11.1 Å². The zero-order chi connectivity index (χ0) is 15.6. The van der Waals surface area contributed by atoms with E-state index in [4.69, 9.17) is 11.6 Å². The first-order chi connectivity index (χ1) is 9.90. The summed E-state index contributed by atoms with van der Waals surface area (Å²) in [6.45, 7) is 2.43. The number of anilines is 1. The first-order valence-electron chi connectivity index (χ1n) is 6.75. The zero-order valence-corrected chi connectivity index (χ0v) is 12.7. The maximum absolute atomic E-state index is 12.3. The maximum Gasteiger partial charge on any atom is 0.326 e. The summed E-state index contributed by atoms with van der Waals surface area (Å²) in [5.41, 5.74) is 0. The van der Waals surface area contributed by atoms with Gasteiger partial charge in [0.15, 0.2) is 0 Å². The molecule has 0 saturated carbocycles. The van der Waals surface area contributed by atoms with Gasteiger partial charge in [-0.25, -0.2) is 9.78 Å². The topological polar surface area (TPSA) is 73.7 Å². The number of carbonyl (C=O) groups is 2. The highest BCUT2D eigenvalue weighted by atomic mass is 35.5. The molecule has 21 heavy (non-hydrogen) atoms. The minimum Gasteiger partial charge on any atom is -0.480 e. The number of rotatable bonds is 4. The average molecular weight is 312 g/mol. The largest absolute Gasteiger partial charge is 0.480 e. The van der Waals surface area contributed by atoms with Crippen LogP contribution in [0.2, 0.25) is 5.02 Å². The lowest BCUT2D eigenvalue weighted by molar-refractivity contribution is -0.148. The summed E-state index contributed by atoms with van der Waals surface area (Å²) in [5, 5.41) is 9.78. The van der Waals surface area contributed by atoms with Crippen molar-refractivity contribution in [1.82, 2.24) is 9.88 Å². The molecule has 1 aliphatic heterocycles. The normalized spacial score (nSPS) is 21.4. The molecule has 0 aromatic carbocycles. The Morgan fingerprint density at radius 3 is 2.81 bits per heavy atom. The van der Waals surface area contributed by atoms with E-state index in [9.17, 15) is 14.7 Å². The number of hydrogen-bond acceptors (Lipinski definition) is 4. The van der Waals surface area contributed by atoms with Crippen LogP contribution in [0.4, 0.5) is 5.82 Å². The van der Waals surface area contributed by atoms with Crippen molar-refractivity contribution in [2.45, 2.75) is 19.4 Å². The molecule has 1 aromatic rings. The molecule has 6 nitrogen and oxygen atoms in total. The van der Waals surface area contributed by atoms with E-state index in [1.54, 1.807) is 24.1 Å². The highest BCUT2D eigenvalue weighted by Gasteiger charge is 2.39. The van der Waals surface area contributed by atoms with Crippen LogP contribution in [-0.2, 0) is 9.59 Å². The smallest absolute Gasteiger partial charge is 0.326 e. The van der Waals surface area contributed by atoms with Crippen LogP contribution in [0.3, 0.4) is 0 Å². The average Bonchev–Trinajstić information content (AvgIpc) is 2.81. The molecule has 1 saturated heterocycles. The number of aliphatic carboxylic acids is 1. The Labute approximate surface area is 128 Å². The van der Waals surface area contributed by atoms with Gasteiger partial charge in [-0.2, -0.15) is 0 Å². The lowest BCUT2D eigenvalue weighted by Gasteiger charge is -2.26. The Morgan fingerprint density at radius 2 is 2.24 bits per heavy atom. The predicted octanol–water partition coefficient (Wildman–Crippen LogP) is 1.49. The molecule has 2 unspecified atom stereocenters. The third-order valence-electron chi connectivity index (χ3n) is 3.75. The number of nitrogens with zero attached hydrogens (tertiary/aromatic N) is 3. The fraction of sp³-hybridized carbons (Fsp3) is 0.500. The monoisotopic (exact) mass is 311 g/mol. The van der Waals surface area contributed by atoms with Crippen molar-refractivity contribution >= 4 is 29.3 Å². The van der Waals surface area contributed by atoms with Gasteiger partial charge in [0.25, 0.3) is 0 Å². The number of aromatic nitrogens is 1. The molecule has 0 spiro atoms. The summed E-state index contributed by atoms with van der Waals surface area (Å²) in [6.07, 6.45) is 2.22. The zero-order valence-electron chi connectivity index (χ0n) is 12.0. The van der Waals surface area contributed by atoms with Crippen molar-refractivity contribution in [3.63, 3.8) is 0 Å². The van der Waals surface area contributed by atoms with E-state index in [2.05, 4.69) is 4.98 Å². The Morgan fingerprint density at radius 1 is 1.52 bits per heavy atom. The molecule has 0 radical (unpaired) electrons. The number of amides is 1. The van der Waals surface area contributed by atoms with Gasteiger partial charge >= 0.3 is 5.97 Å². The summed E-state index contributed by atoms with van der Waals surface area (Å²) in [6, 6.07) is 2.68. The van der Waals surface area contributed by atoms with E-state index >= 15 is 0 Å². The second-order valence-electron chi connectivity index (χ2n) is 5.33. The molecular weight excluding hydrogens is 294 g/mol. The Bertz CT molecular complexity index is 535. The first kappa shape index (κ1) is 15.6. The SMILES string of the molecule is CC1CCN(C(=O)CN(C)c2ccc(Cl)cn2)C1C(=O)O. The fourth-order valence-corrected chi connectivity index (χ4v) is 2.68. The molecule has 1 amide bonds. The van der Waals surface area contributed by atoms with Gasteiger partial charge in [0.05, 0.1) is 11.6 Å². The van der Waals surface area contributed by atoms with Crippen LogP contribution >= 0.6 is 11.6 Å². The second kappa shape index (κ2) is 6.30. The summed E-state index contributed by atoms with van der Waals surface area (Å²) >= 11 is 5.77. The Kier molecular flexibility index (Phi) is 4.67. The number of carboxylic acids is 1. The van der Waals surface area contributed by atoms with Crippen molar-refractivity contribution in [2.24, 2.45) is 5.92 Å². The highest BCUT2D eigenvalue weighted by Crippen LogP contribution is 2.24. The number of carbonyl (C=O) groups excluding carboxylic acids is 1. The molecule has 1 aromatic heterocycles. The van der Waals surface area contributed by atoms with Crippen LogP contribution in [0.25, 0.3) is 0 Å². The molecule has 1 aliphatic rings. The quantitative estimate of drug-likeness (QED) is 0.912. The maximum atomic E-state index is 12.3. The summed E-state index contributed by atoms with van der Waals surface area (Å²) < 4.78 is 0. The number of pyridine rings is 1.